The van der Waals surface area contributed by atoms with E-state index in [1.807, 2.05) is 41.1 Å². The zero-order chi connectivity index (χ0) is 14.2. The Labute approximate surface area is 118 Å². The van der Waals surface area contributed by atoms with Crippen molar-refractivity contribution in [3.8, 4) is 0 Å². The van der Waals surface area contributed by atoms with Gasteiger partial charge in [0.25, 0.3) is 0 Å². The topological polar surface area (TPSA) is 72.9 Å². The van der Waals surface area contributed by atoms with E-state index in [1.165, 1.54) is 0 Å². The van der Waals surface area contributed by atoms with Crippen LogP contribution in [0.5, 0.6) is 0 Å². The summed E-state index contributed by atoms with van der Waals surface area (Å²) in [7, 11) is 0. The lowest BCUT2D eigenvalue weighted by Gasteiger charge is -2.12. The number of aromatic nitrogens is 2. The van der Waals surface area contributed by atoms with Gasteiger partial charge in [-0.1, -0.05) is 30.3 Å². The number of unbranched alkanes of at least 4 members (excludes halogenated alkanes) is 1. The molecule has 0 aliphatic heterocycles. The molecule has 106 valence electrons. The SMILES string of the molecule is NC(C(=O)NCCCCn1ccnc1)c1ccccc1. The molecule has 5 heteroatoms. The fourth-order valence-corrected chi connectivity index (χ4v) is 1.97. The van der Waals surface area contributed by atoms with Crippen LogP contribution >= 0.6 is 0 Å². The first-order valence-electron chi connectivity index (χ1n) is 6.81. The van der Waals surface area contributed by atoms with Crippen molar-refractivity contribution in [3.63, 3.8) is 0 Å². The van der Waals surface area contributed by atoms with Gasteiger partial charge in [-0.2, -0.15) is 0 Å². The second-order valence-electron chi connectivity index (χ2n) is 4.69. The maximum absolute atomic E-state index is 11.9. The van der Waals surface area contributed by atoms with Crippen molar-refractivity contribution in [1.29, 1.82) is 0 Å². The van der Waals surface area contributed by atoms with E-state index in [-0.39, 0.29) is 5.91 Å². The average molecular weight is 272 g/mol. The van der Waals surface area contributed by atoms with Crippen LogP contribution in [0.2, 0.25) is 0 Å². The summed E-state index contributed by atoms with van der Waals surface area (Å²) in [6.07, 6.45) is 7.41. The van der Waals surface area contributed by atoms with Gasteiger partial charge in [-0.15, -0.1) is 0 Å². The average Bonchev–Trinajstić information content (AvgIpc) is 3.00. The minimum atomic E-state index is -0.593. The maximum atomic E-state index is 11.9. The van der Waals surface area contributed by atoms with Crippen LogP contribution in [-0.4, -0.2) is 22.0 Å². The third-order valence-electron chi connectivity index (χ3n) is 3.14. The Balaban J connectivity index is 1.65. The molecule has 0 saturated heterocycles. The van der Waals surface area contributed by atoms with Crippen LogP contribution in [0.4, 0.5) is 0 Å². The Morgan fingerprint density at radius 1 is 1.30 bits per heavy atom. The lowest BCUT2D eigenvalue weighted by molar-refractivity contribution is -0.122. The fourth-order valence-electron chi connectivity index (χ4n) is 1.97. The number of hydrogen-bond acceptors (Lipinski definition) is 3. The fraction of sp³-hybridized carbons (Fsp3) is 0.333. The van der Waals surface area contributed by atoms with E-state index in [4.69, 9.17) is 5.73 Å². The van der Waals surface area contributed by atoms with Gasteiger partial charge in [0.15, 0.2) is 0 Å². The molecule has 0 radical (unpaired) electrons. The molecule has 3 N–H and O–H groups in total. The van der Waals surface area contributed by atoms with Crippen LogP contribution in [0.15, 0.2) is 49.1 Å². The van der Waals surface area contributed by atoms with Gasteiger partial charge in [0.05, 0.1) is 6.33 Å². The summed E-state index contributed by atoms with van der Waals surface area (Å²) >= 11 is 0. The monoisotopic (exact) mass is 272 g/mol. The normalized spacial score (nSPS) is 12.1. The van der Waals surface area contributed by atoms with Gasteiger partial charge in [-0.25, -0.2) is 4.98 Å². The van der Waals surface area contributed by atoms with Gasteiger partial charge in [0.2, 0.25) is 5.91 Å². The first-order valence-corrected chi connectivity index (χ1v) is 6.81. The van der Waals surface area contributed by atoms with Gasteiger partial charge < -0.3 is 15.6 Å². The number of nitrogens with two attached hydrogens (primary N) is 1. The van der Waals surface area contributed by atoms with E-state index in [1.54, 1.807) is 12.5 Å². The first-order chi connectivity index (χ1) is 9.77. The van der Waals surface area contributed by atoms with E-state index in [0.717, 1.165) is 24.9 Å². The van der Waals surface area contributed by atoms with Crippen LogP contribution in [0.3, 0.4) is 0 Å². The van der Waals surface area contributed by atoms with E-state index in [9.17, 15) is 4.79 Å². The quantitative estimate of drug-likeness (QED) is 0.750. The molecule has 0 aliphatic carbocycles. The lowest BCUT2D eigenvalue weighted by atomic mass is 10.1. The Hall–Kier alpha value is -2.14. The smallest absolute Gasteiger partial charge is 0.241 e. The van der Waals surface area contributed by atoms with E-state index in [2.05, 4.69) is 10.3 Å². The zero-order valence-electron chi connectivity index (χ0n) is 11.4. The van der Waals surface area contributed by atoms with Crippen LogP contribution in [0.25, 0.3) is 0 Å². The molecule has 1 unspecified atom stereocenters. The van der Waals surface area contributed by atoms with Crippen molar-refractivity contribution < 1.29 is 4.79 Å². The Morgan fingerprint density at radius 2 is 2.10 bits per heavy atom. The summed E-state index contributed by atoms with van der Waals surface area (Å²) in [5.41, 5.74) is 6.74. The van der Waals surface area contributed by atoms with Crippen molar-refractivity contribution >= 4 is 5.91 Å². The Morgan fingerprint density at radius 3 is 2.80 bits per heavy atom. The molecule has 1 aromatic carbocycles. The number of nitrogens with one attached hydrogen (secondary N) is 1. The molecular formula is C15H20N4O. The summed E-state index contributed by atoms with van der Waals surface area (Å²) in [6, 6.07) is 8.81. The minimum absolute atomic E-state index is 0.126. The molecule has 1 aromatic heterocycles. The predicted octanol–water partition coefficient (Wildman–Crippen LogP) is 1.48. The number of imidazole rings is 1. The number of aryl methyl sites for hydroxylation is 1. The summed E-state index contributed by atoms with van der Waals surface area (Å²) < 4.78 is 2.03. The Kier molecular flexibility index (Phi) is 5.32. The molecule has 0 saturated carbocycles. The zero-order valence-corrected chi connectivity index (χ0v) is 11.4. The molecule has 20 heavy (non-hydrogen) atoms. The molecule has 0 aliphatic rings. The number of rotatable bonds is 7. The van der Waals surface area contributed by atoms with Gasteiger partial charge >= 0.3 is 0 Å². The summed E-state index contributed by atoms with van der Waals surface area (Å²) in [4.78, 5) is 15.9. The summed E-state index contributed by atoms with van der Waals surface area (Å²) in [6.45, 7) is 1.56. The first kappa shape index (κ1) is 14.3. The summed E-state index contributed by atoms with van der Waals surface area (Å²) in [5.74, 6) is -0.126. The van der Waals surface area contributed by atoms with Crippen LogP contribution in [0, 0.1) is 0 Å². The molecule has 2 aromatic rings. The van der Waals surface area contributed by atoms with Crippen molar-refractivity contribution in [2.45, 2.75) is 25.4 Å². The predicted molar refractivity (Wildman–Crippen MR) is 77.8 cm³/mol. The molecule has 5 nitrogen and oxygen atoms in total. The second-order valence-corrected chi connectivity index (χ2v) is 4.69. The van der Waals surface area contributed by atoms with Crippen molar-refractivity contribution in [2.75, 3.05) is 6.54 Å². The standard InChI is InChI=1S/C15H20N4O/c16-14(13-6-2-1-3-7-13)15(20)18-8-4-5-10-19-11-9-17-12-19/h1-3,6-7,9,11-12,14H,4-5,8,10,16H2,(H,18,20). The Bertz CT molecular complexity index is 510. The molecule has 0 fully saturated rings. The van der Waals surface area contributed by atoms with Crippen LogP contribution in [0.1, 0.15) is 24.4 Å². The number of benzene rings is 1. The highest BCUT2D eigenvalue weighted by molar-refractivity contribution is 5.82. The van der Waals surface area contributed by atoms with E-state index >= 15 is 0 Å². The minimum Gasteiger partial charge on any atom is -0.354 e. The van der Waals surface area contributed by atoms with Crippen molar-refractivity contribution in [1.82, 2.24) is 14.9 Å². The number of hydrogen-bond donors (Lipinski definition) is 2. The van der Waals surface area contributed by atoms with Gasteiger partial charge in [0.1, 0.15) is 6.04 Å². The lowest BCUT2D eigenvalue weighted by Crippen LogP contribution is -2.34. The number of carbonyl (C=O) groups excluding carboxylic acids is 1. The molecule has 1 heterocycles. The maximum Gasteiger partial charge on any atom is 0.241 e. The van der Waals surface area contributed by atoms with Gasteiger partial charge in [-0.3, -0.25) is 4.79 Å². The second kappa shape index (κ2) is 7.45. The van der Waals surface area contributed by atoms with E-state index in [0.29, 0.717) is 6.54 Å². The van der Waals surface area contributed by atoms with Crippen LogP contribution in [-0.2, 0) is 11.3 Å². The number of nitrogens with zero attached hydrogens (tertiary/aromatic N) is 2. The highest BCUT2D eigenvalue weighted by Gasteiger charge is 2.14. The van der Waals surface area contributed by atoms with Crippen molar-refractivity contribution in [3.05, 3.63) is 54.6 Å². The molecule has 0 bridgehead atoms. The van der Waals surface area contributed by atoms with Gasteiger partial charge in [-0.05, 0) is 18.4 Å². The molecular weight excluding hydrogens is 252 g/mol. The largest absolute Gasteiger partial charge is 0.354 e. The molecule has 1 amide bonds. The highest BCUT2D eigenvalue weighted by Crippen LogP contribution is 2.09. The molecule has 2 rings (SSSR count). The van der Waals surface area contributed by atoms with Gasteiger partial charge in [0, 0.05) is 25.5 Å². The van der Waals surface area contributed by atoms with E-state index < -0.39 is 6.04 Å². The van der Waals surface area contributed by atoms with Crippen molar-refractivity contribution in [2.24, 2.45) is 5.73 Å². The summed E-state index contributed by atoms with van der Waals surface area (Å²) in [5, 5.41) is 2.87. The molecule has 1 atom stereocenters. The molecule has 0 spiro atoms. The number of carbonyl (C=O) groups is 1. The highest BCUT2D eigenvalue weighted by atomic mass is 16.2. The van der Waals surface area contributed by atoms with Crippen LogP contribution < -0.4 is 11.1 Å². The third kappa shape index (κ3) is 4.20. The number of amides is 1. The third-order valence-corrected chi connectivity index (χ3v) is 3.14.